The Morgan fingerprint density at radius 2 is 2.05 bits per heavy atom. The first-order valence-corrected chi connectivity index (χ1v) is 7.76. The van der Waals surface area contributed by atoms with Gasteiger partial charge < -0.3 is 5.11 Å². The fourth-order valence-corrected chi connectivity index (χ4v) is 3.79. The van der Waals surface area contributed by atoms with Crippen LogP contribution in [0.5, 0.6) is 0 Å². The van der Waals surface area contributed by atoms with Crippen molar-refractivity contribution in [1.82, 2.24) is 0 Å². The van der Waals surface area contributed by atoms with E-state index in [0.717, 1.165) is 24.8 Å². The largest absolute Gasteiger partial charge is 0.389 e. The lowest BCUT2D eigenvalue weighted by atomic mass is 9.62. The van der Waals surface area contributed by atoms with E-state index in [-0.39, 0.29) is 16.4 Å². The molecular weight excluding hydrogens is 275 g/mol. The van der Waals surface area contributed by atoms with Crippen LogP contribution in [0.15, 0.2) is 18.2 Å². The van der Waals surface area contributed by atoms with Crippen LogP contribution in [0.2, 0.25) is 5.02 Å². The molecule has 0 aliphatic heterocycles. The summed E-state index contributed by atoms with van der Waals surface area (Å²) in [5, 5.41) is 11.3. The molecule has 2 unspecified atom stereocenters. The number of hydrogen-bond acceptors (Lipinski definition) is 1. The summed E-state index contributed by atoms with van der Waals surface area (Å²) in [6.07, 6.45) is 4.54. The van der Waals surface area contributed by atoms with E-state index in [1.807, 2.05) is 6.07 Å². The molecule has 2 atom stereocenters. The maximum absolute atomic E-state index is 13.6. The van der Waals surface area contributed by atoms with Crippen molar-refractivity contribution >= 4 is 11.6 Å². The van der Waals surface area contributed by atoms with E-state index in [1.165, 1.54) is 12.5 Å². The van der Waals surface area contributed by atoms with Crippen LogP contribution in [0.3, 0.4) is 0 Å². The predicted octanol–water partition coefficient (Wildman–Crippen LogP) is 4.99. The molecule has 3 heteroatoms. The van der Waals surface area contributed by atoms with Gasteiger partial charge in [0.05, 0.1) is 10.6 Å². The number of aliphatic hydroxyl groups is 1. The molecule has 0 heterocycles. The average molecular weight is 299 g/mol. The molecule has 20 heavy (non-hydrogen) atoms. The lowest BCUT2D eigenvalue weighted by molar-refractivity contribution is -0.0889. The van der Waals surface area contributed by atoms with Crippen LogP contribution in [-0.2, 0) is 6.42 Å². The van der Waals surface area contributed by atoms with Crippen LogP contribution in [0.1, 0.15) is 52.0 Å². The van der Waals surface area contributed by atoms with Crippen molar-refractivity contribution in [2.75, 3.05) is 0 Å². The molecule has 1 fully saturated rings. The normalized spacial score (nSPS) is 27.6. The molecule has 1 N–H and O–H groups in total. The van der Waals surface area contributed by atoms with Gasteiger partial charge in [-0.25, -0.2) is 4.39 Å². The molecule has 0 aromatic heterocycles. The maximum Gasteiger partial charge on any atom is 0.142 e. The zero-order valence-corrected chi connectivity index (χ0v) is 13.3. The van der Waals surface area contributed by atoms with Crippen molar-refractivity contribution in [1.29, 1.82) is 0 Å². The first-order valence-electron chi connectivity index (χ1n) is 7.39. The van der Waals surface area contributed by atoms with Crippen molar-refractivity contribution in [3.63, 3.8) is 0 Å². The molecule has 1 aromatic rings. The molecule has 0 spiro atoms. The van der Waals surface area contributed by atoms with Gasteiger partial charge in [0.2, 0.25) is 0 Å². The van der Waals surface area contributed by atoms with Gasteiger partial charge in [-0.15, -0.1) is 0 Å². The van der Waals surface area contributed by atoms with E-state index in [9.17, 15) is 9.50 Å². The van der Waals surface area contributed by atoms with Gasteiger partial charge in [-0.1, -0.05) is 51.3 Å². The van der Waals surface area contributed by atoms with Gasteiger partial charge in [0.1, 0.15) is 5.82 Å². The highest BCUT2D eigenvalue weighted by Gasteiger charge is 2.44. The summed E-state index contributed by atoms with van der Waals surface area (Å²) in [7, 11) is 0. The molecule has 0 bridgehead atoms. The highest BCUT2D eigenvalue weighted by molar-refractivity contribution is 6.30. The molecule has 1 aliphatic carbocycles. The third-order valence-corrected chi connectivity index (χ3v) is 4.85. The minimum absolute atomic E-state index is 0.0557. The summed E-state index contributed by atoms with van der Waals surface area (Å²) < 4.78 is 13.6. The average Bonchev–Trinajstić information content (AvgIpc) is 2.32. The Morgan fingerprint density at radius 3 is 2.65 bits per heavy atom. The fourth-order valence-electron chi connectivity index (χ4n) is 3.68. The third-order valence-electron chi connectivity index (χ3n) is 4.54. The van der Waals surface area contributed by atoms with E-state index in [4.69, 9.17) is 11.6 Å². The molecule has 1 aromatic carbocycles. The minimum Gasteiger partial charge on any atom is -0.389 e. The van der Waals surface area contributed by atoms with E-state index < -0.39 is 11.4 Å². The molecule has 112 valence electrons. The zero-order valence-electron chi connectivity index (χ0n) is 12.5. The SMILES string of the molecule is CC(C)(C)C1CCCCC1(O)Cc1ccc(Cl)c(F)c1. The number of halogens is 2. The van der Waals surface area contributed by atoms with Gasteiger partial charge >= 0.3 is 0 Å². The second-order valence-corrected chi connectivity index (χ2v) is 7.60. The van der Waals surface area contributed by atoms with Crippen molar-refractivity contribution in [2.24, 2.45) is 11.3 Å². The van der Waals surface area contributed by atoms with Gasteiger partial charge in [0.15, 0.2) is 0 Å². The molecule has 0 amide bonds. The van der Waals surface area contributed by atoms with Crippen LogP contribution in [0, 0.1) is 17.2 Å². The summed E-state index contributed by atoms with van der Waals surface area (Å²) in [5.41, 5.74) is 0.141. The minimum atomic E-state index is -0.739. The highest BCUT2D eigenvalue weighted by atomic mass is 35.5. The molecular formula is C17H24ClFO. The zero-order chi connectivity index (χ0) is 15.0. The molecule has 1 nitrogen and oxygen atoms in total. The van der Waals surface area contributed by atoms with Crippen molar-refractivity contribution in [3.8, 4) is 0 Å². The van der Waals surface area contributed by atoms with Crippen molar-refractivity contribution in [3.05, 3.63) is 34.6 Å². The number of benzene rings is 1. The van der Waals surface area contributed by atoms with Crippen LogP contribution in [-0.4, -0.2) is 10.7 Å². The second kappa shape index (κ2) is 5.65. The Labute approximate surface area is 126 Å². The van der Waals surface area contributed by atoms with E-state index >= 15 is 0 Å². The predicted molar refractivity (Wildman–Crippen MR) is 81.5 cm³/mol. The Kier molecular flexibility index (Phi) is 4.46. The first kappa shape index (κ1) is 15.8. The van der Waals surface area contributed by atoms with Gasteiger partial charge in [-0.2, -0.15) is 0 Å². The number of rotatable bonds is 2. The summed E-state index contributed by atoms with van der Waals surface area (Å²) in [6, 6.07) is 4.84. The lowest BCUT2D eigenvalue weighted by Crippen LogP contribution is -2.48. The summed E-state index contributed by atoms with van der Waals surface area (Å²) in [5.74, 6) is -0.168. The topological polar surface area (TPSA) is 20.2 Å². The van der Waals surface area contributed by atoms with Crippen molar-refractivity contribution in [2.45, 2.75) is 58.5 Å². The smallest absolute Gasteiger partial charge is 0.142 e. The van der Waals surface area contributed by atoms with Crippen molar-refractivity contribution < 1.29 is 9.50 Å². The van der Waals surface area contributed by atoms with Gasteiger partial charge in [-0.05, 0) is 41.9 Å². The molecule has 0 saturated heterocycles. The quantitative estimate of drug-likeness (QED) is 0.815. The lowest BCUT2D eigenvalue weighted by Gasteiger charge is -2.47. The Bertz CT molecular complexity index is 480. The first-order chi connectivity index (χ1) is 9.22. The Hall–Kier alpha value is -0.600. The fraction of sp³-hybridized carbons (Fsp3) is 0.647. The Balaban J connectivity index is 2.25. The second-order valence-electron chi connectivity index (χ2n) is 7.19. The summed E-state index contributed by atoms with van der Waals surface area (Å²) in [4.78, 5) is 0. The Morgan fingerprint density at radius 1 is 1.35 bits per heavy atom. The van der Waals surface area contributed by atoms with E-state index in [0.29, 0.717) is 6.42 Å². The molecule has 1 saturated carbocycles. The van der Waals surface area contributed by atoms with Crippen LogP contribution in [0.25, 0.3) is 0 Å². The van der Waals surface area contributed by atoms with Crippen LogP contribution in [0.4, 0.5) is 4.39 Å². The van der Waals surface area contributed by atoms with Gasteiger partial charge in [0, 0.05) is 6.42 Å². The van der Waals surface area contributed by atoms with Crippen LogP contribution >= 0.6 is 11.6 Å². The molecule has 0 radical (unpaired) electrons. The molecule has 1 aliphatic rings. The standard InChI is InChI=1S/C17H24ClFO/c1-16(2,3)15-6-4-5-9-17(15,20)11-12-7-8-13(18)14(19)10-12/h7-8,10,15,20H,4-6,9,11H2,1-3H3. The van der Waals surface area contributed by atoms with Gasteiger partial charge in [0.25, 0.3) is 0 Å². The highest BCUT2D eigenvalue weighted by Crippen LogP contribution is 2.45. The third kappa shape index (κ3) is 3.35. The van der Waals surface area contributed by atoms with E-state index in [1.54, 1.807) is 6.07 Å². The van der Waals surface area contributed by atoms with Crippen LogP contribution < -0.4 is 0 Å². The summed E-state index contributed by atoms with van der Waals surface area (Å²) in [6.45, 7) is 6.53. The van der Waals surface area contributed by atoms with E-state index in [2.05, 4.69) is 20.8 Å². The van der Waals surface area contributed by atoms with Gasteiger partial charge in [-0.3, -0.25) is 0 Å². The molecule has 2 rings (SSSR count). The number of hydrogen-bond donors (Lipinski definition) is 1. The summed E-state index contributed by atoms with van der Waals surface area (Å²) >= 11 is 5.72. The monoisotopic (exact) mass is 298 g/mol. The maximum atomic E-state index is 13.6.